The standard InChI is InChI=1S/C16H27F2N3.C7H11N3/c1-11(2)16(4,10-17)14-9-21(8-7-19-14)15-6-5-13(18)12(3)20-15;1-9-5-6-3-2-4-10-7(6)8/h5-6,11,14-15,19-20H,7-10H2,1-4H3;2-4,9H,5H2,1H3,(H2,8,10). The average Bonchev–Trinajstić information content (AvgIpc) is 2.77. The molecule has 3 rings (SSSR count). The van der Waals surface area contributed by atoms with Crippen LogP contribution >= 0.6 is 0 Å². The number of alkyl halides is 1. The zero-order valence-electron chi connectivity index (χ0n) is 19.4. The number of piperazine rings is 1. The van der Waals surface area contributed by atoms with E-state index in [0.29, 0.717) is 11.5 Å². The summed E-state index contributed by atoms with van der Waals surface area (Å²) < 4.78 is 27.0. The summed E-state index contributed by atoms with van der Waals surface area (Å²) in [5.74, 6) is 0.652. The molecule has 0 bridgehead atoms. The van der Waals surface area contributed by atoms with Gasteiger partial charge < -0.3 is 21.7 Å². The minimum atomic E-state index is -0.382. The number of halogens is 2. The van der Waals surface area contributed by atoms with Gasteiger partial charge in [0, 0.05) is 55.1 Å². The molecule has 0 radical (unpaired) electrons. The quantitative estimate of drug-likeness (QED) is 0.549. The summed E-state index contributed by atoms with van der Waals surface area (Å²) in [5.41, 5.74) is 6.78. The molecule has 174 valence electrons. The summed E-state index contributed by atoms with van der Waals surface area (Å²) >= 11 is 0. The molecule has 0 aliphatic carbocycles. The maximum absolute atomic E-state index is 13.6. The molecule has 2 aliphatic rings. The first-order valence-electron chi connectivity index (χ1n) is 10.9. The molecule has 0 amide bonds. The summed E-state index contributed by atoms with van der Waals surface area (Å²) in [7, 11) is 1.88. The van der Waals surface area contributed by atoms with Gasteiger partial charge in [-0.15, -0.1) is 0 Å². The smallest absolute Gasteiger partial charge is 0.141 e. The summed E-state index contributed by atoms with van der Waals surface area (Å²) in [4.78, 5) is 6.19. The average molecular weight is 437 g/mol. The van der Waals surface area contributed by atoms with Crippen molar-refractivity contribution in [3.05, 3.63) is 47.6 Å². The van der Waals surface area contributed by atoms with E-state index >= 15 is 0 Å². The Hall–Kier alpha value is -2.03. The normalized spacial score (nSPS) is 23.7. The highest BCUT2D eigenvalue weighted by atomic mass is 19.1. The molecule has 1 fully saturated rings. The Bertz CT molecular complexity index is 766. The van der Waals surface area contributed by atoms with E-state index in [1.165, 1.54) is 6.08 Å². The first kappa shape index (κ1) is 25.2. The van der Waals surface area contributed by atoms with Crippen LogP contribution in [0.4, 0.5) is 14.6 Å². The first-order chi connectivity index (χ1) is 14.7. The van der Waals surface area contributed by atoms with Crippen LogP contribution < -0.4 is 21.7 Å². The van der Waals surface area contributed by atoms with Crippen molar-refractivity contribution in [2.24, 2.45) is 11.3 Å². The molecule has 3 heterocycles. The van der Waals surface area contributed by atoms with Gasteiger partial charge in [-0.05, 0) is 38.1 Å². The van der Waals surface area contributed by atoms with Gasteiger partial charge in [0.2, 0.25) is 0 Å². The zero-order valence-corrected chi connectivity index (χ0v) is 19.4. The predicted octanol–water partition coefficient (Wildman–Crippen LogP) is 2.96. The number of hydrogen-bond acceptors (Lipinski definition) is 6. The highest BCUT2D eigenvalue weighted by Crippen LogP contribution is 2.33. The van der Waals surface area contributed by atoms with E-state index in [2.05, 4.69) is 39.7 Å². The Balaban J connectivity index is 0.000000285. The fourth-order valence-corrected chi connectivity index (χ4v) is 3.76. The van der Waals surface area contributed by atoms with Gasteiger partial charge >= 0.3 is 0 Å². The minimum Gasteiger partial charge on any atom is -0.383 e. The molecule has 1 aromatic heterocycles. The van der Waals surface area contributed by atoms with Gasteiger partial charge in [-0.25, -0.2) is 9.37 Å². The molecule has 0 spiro atoms. The van der Waals surface area contributed by atoms with Crippen LogP contribution in [0.2, 0.25) is 0 Å². The third-order valence-corrected chi connectivity index (χ3v) is 6.44. The number of rotatable bonds is 6. The van der Waals surface area contributed by atoms with Crippen LogP contribution in [-0.4, -0.2) is 55.4 Å². The van der Waals surface area contributed by atoms with Crippen molar-refractivity contribution in [2.75, 3.05) is 39.1 Å². The highest BCUT2D eigenvalue weighted by Gasteiger charge is 2.40. The summed E-state index contributed by atoms with van der Waals surface area (Å²) in [6.45, 7) is 10.8. The number of nitrogens with zero attached hydrogens (tertiary/aromatic N) is 2. The molecule has 8 heteroatoms. The van der Waals surface area contributed by atoms with Gasteiger partial charge in [0.1, 0.15) is 11.6 Å². The van der Waals surface area contributed by atoms with Crippen LogP contribution in [0.15, 0.2) is 42.0 Å². The summed E-state index contributed by atoms with van der Waals surface area (Å²) in [5, 5.41) is 9.64. The highest BCUT2D eigenvalue weighted by molar-refractivity contribution is 5.38. The van der Waals surface area contributed by atoms with Crippen LogP contribution in [0, 0.1) is 11.3 Å². The molecule has 1 saturated heterocycles. The molecular formula is C23H38F2N6. The Morgan fingerprint density at radius 3 is 2.74 bits per heavy atom. The maximum Gasteiger partial charge on any atom is 0.141 e. The second-order valence-electron chi connectivity index (χ2n) is 8.80. The van der Waals surface area contributed by atoms with E-state index < -0.39 is 0 Å². The molecular weight excluding hydrogens is 398 g/mol. The van der Waals surface area contributed by atoms with Gasteiger partial charge in [-0.1, -0.05) is 26.8 Å². The lowest BCUT2D eigenvalue weighted by Crippen LogP contribution is -2.62. The molecule has 0 saturated carbocycles. The van der Waals surface area contributed by atoms with E-state index in [1.54, 1.807) is 13.1 Å². The number of allylic oxidation sites excluding steroid dienone is 3. The molecule has 3 atom stereocenters. The van der Waals surface area contributed by atoms with E-state index in [1.807, 2.05) is 32.2 Å². The van der Waals surface area contributed by atoms with E-state index in [0.717, 1.165) is 31.7 Å². The van der Waals surface area contributed by atoms with Gasteiger partial charge in [0.25, 0.3) is 0 Å². The van der Waals surface area contributed by atoms with Crippen molar-refractivity contribution >= 4 is 5.82 Å². The van der Waals surface area contributed by atoms with Crippen LogP contribution in [0.25, 0.3) is 0 Å². The van der Waals surface area contributed by atoms with Crippen molar-refractivity contribution in [1.29, 1.82) is 0 Å². The molecule has 31 heavy (non-hydrogen) atoms. The number of nitrogen functional groups attached to an aromatic ring is 1. The molecule has 1 aromatic rings. The van der Waals surface area contributed by atoms with Crippen molar-refractivity contribution in [3.8, 4) is 0 Å². The Kier molecular flexibility index (Phi) is 9.40. The third-order valence-electron chi connectivity index (χ3n) is 6.44. The molecule has 0 aromatic carbocycles. The van der Waals surface area contributed by atoms with Crippen LogP contribution in [-0.2, 0) is 6.54 Å². The first-order valence-corrected chi connectivity index (χ1v) is 10.9. The van der Waals surface area contributed by atoms with Crippen molar-refractivity contribution in [3.63, 3.8) is 0 Å². The van der Waals surface area contributed by atoms with Crippen molar-refractivity contribution in [1.82, 2.24) is 25.8 Å². The second kappa shape index (κ2) is 11.5. The lowest BCUT2D eigenvalue weighted by atomic mass is 9.73. The summed E-state index contributed by atoms with van der Waals surface area (Å²) in [6, 6.07) is 3.93. The Morgan fingerprint density at radius 2 is 2.16 bits per heavy atom. The number of nitrogens with one attached hydrogen (secondary N) is 3. The topological polar surface area (TPSA) is 78.2 Å². The molecule has 5 N–H and O–H groups in total. The molecule has 2 aliphatic heterocycles. The molecule has 3 unspecified atom stereocenters. The van der Waals surface area contributed by atoms with Crippen LogP contribution in [0.3, 0.4) is 0 Å². The number of dihydropyridines is 1. The number of hydrogen-bond donors (Lipinski definition) is 4. The Labute approximate surface area is 185 Å². The van der Waals surface area contributed by atoms with Crippen LogP contribution in [0.5, 0.6) is 0 Å². The van der Waals surface area contributed by atoms with Crippen molar-refractivity contribution < 1.29 is 8.78 Å². The largest absolute Gasteiger partial charge is 0.383 e. The second-order valence-corrected chi connectivity index (χ2v) is 8.80. The third kappa shape index (κ3) is 6.48. The molecule has 6 nitrogen and oxygen atoms in total. The zero-order chi connectivity index (χ0) is 23.0. The van der Waals surface area contributed by atoms with E-state index in [9.17, 15) is 8.78 Å². The predicted molar refractivity (Wildman–Crippen MR) is 124 cm³/mol. The fourth-order valence-electron chi connectivity index (χ4n) is 3.76. The van der Waals surface area contributed by atoms with Gasteiger partial charge in [-0.3, -0.25) is 9.29 Å². The fraction of sp³-hybridized carbons (Fsp3) is 0.609. The number of nitrogens with two attached hydrogens (primary N) is 1. The lowest BCUT2D eigenvalue weighted by molar-refractivity contribution is 0.0401. The van der Waals surface area contributed by atoms with Gasteiger partial charge in [0.15, 0.2) is 0 Å². The number of pyridine rings is 1. The van der Waals surface area contributed by atoms with E-state index in [4.69, 9.17) is 5.73 Å². The summed E-state index contributed by atoms with van der Waals surface area (Å²) in [6.07, 6.45) is 5.04. The monoisotopic (exact) mass is 436 g/mol. The Morgan fingerprint density at radius 1 is 1.42 bits per heavy atom. The van der Waals surface area contributed by atoms with E-state index in [-0.39, 0.29) is 36.0 Å². The van der Waals surface area contributed by atoms with Gasteiger partial charge in [0.05, 0.1) is 12.8 Å². The number of aromatic nitrogens is 1. The van der Waals surface area contributed by atoms with Gasteiger partial charge in [-0.2, -0.15) is 0 Å². The van der Waals surface area contributed by atoms with Crippen LogP contribution in [0.1, 0.15) is 33.3 Å². The minimum absolute atomic E-state index is 0.00914. The maximum atomic E-state index is 13.6. The SMILES string of the molecule is CC1=C(F)C=CC(N2CCNC(C(C)(CF)C(C)C)C2)N1.CNCc1cccnc1N. The number of anilines is 1. The van der Waals surface area contributed by atoms with Crippen molar-refractivity contribution in [2.45, 2.75) is 46.4 Å². The lowest BCUT2D eigenvalue weighted by Gasteiger charge is -2.47.